The van der Waals surface area contributed by atoms with Crippen LogP contribution < -0.4 is 4.74 Å². The predicted molar refractivity (Wildman–Crippen MR) is 65.2 cm³/mol. The molecular formula is C12H18ClNO2. The van der Waals surface area contributed by atoms with Crippen LogP contribution in [-0.4, -0.2) is 23.8 Å². The van der Waals surface area contributed by atoms with Crippen LogP contribution in [0.3, 0.4) is 0 Å². The van der Waals surface area contributed by atoms with Crippen molar-refractivity contribution in [1.29, 1.82) is 0 Å². The average molecular weight is 244 g/mol. The topological polar surface area (TPSA) is 31.4 Å². The van der Waals surface area contributed by atoms with Crippen molar-refractivity contribution in [3.63, 3.8) is 0 Å². The first-order valence-corrected chi connectivity index (χ1v) is 5.65. The van der Waals surface area contributed by atoms with Crippen LogP contribution >= 0.6 is 11.6 Å². The molecule has 0 radical (unpaired) electrons. The predicted octanol–water partition coefficient (Wildman–Crippen LogP) is 3.24. The molecule has 0 aliphatic rings. The van der Waals surface area contributed by atoms with Crippen LogP contribution in [-0.2, 0) is 4.74 Å². The Kier molecular flexibility index (Phi) is 4.56. The van der Waals surface area contributed by atoms with Gasteiger partial charge in [-0.1, -0.05) is 11.6 Å². The van der Waals surface area contributed by atoms with E-state index < -0.39 is 0 Å². The fourth-order valence-corrected chi connectivity index (χ4v) is 1.28. The Bertz CT molecular complexity index is 347. The third-order valence-electron chi connectivity index (χ3n) is 1.90. The molecule has 1 aromatic rings. The van der Waals surface area contributed by atoms with Gasteiger partial charge in [0.2, 0.25) is 0 Å². The van der Waals surface area contributed by atoms with E-state index in [9.17, 15) is 0 Å². The van der Waals surface area contributed by atoms with E-state index >= 15 is 0 Å². The number of pyridine rings is 1. The molecule has 90 valence electrons. The first-order valence-electron chi connectivity index (χ1n) is 5.27. The van der Waals surface area contributed by atoms with Gasteiger partial charge in [-0.15, -0.1) is 0 Å². The summed E-state index contributed by atoms with van der Waals surface area (Å²) in [7, 11) is 0. The summed E-state index contributed by atoms with van der Waals surface area (Å²) < 4.78 is 11.1. The Morgan fingerprint density at radius 2 is 2.00 bits per heavy atom. The molecule has 0 amide bonds. The molecule has 0 atom stereocenters. The Morgan fingerprint density at radius 1 is 1.31 bits per heavy atom. The zero-order valence-corrected chi connectivity index (χ0v) is 11.0. The van der Waals surface area contributed by atoms with Crippen molar-refractivity contribution in [1.82, 2.24) is 4.98 Å². The number of halogens is 1. The molecule has 0 aromatic carbocycles. The van der Waals surface area contributed by atoms with Crippen molar-refractivity contribution in [3.8, 4) is 5.75 Å². The molecule has 3 nitrogen and oxygen atoms in total. The van der Waals surface area contributed by atoms with Gasteiger partial charge in [-0.3, -0.25) is 0 Å². The summed E-state index contributed by atoms with van der Waals surface area (Å²) in [5, 5.41) is 0.442. The van der Waals surface area contributed by atoms with Gasteiger partial charge < -0.3 is 9.47 Å². The molecule has 0 saturated heterocycles. The van der Waals surface area contributed by atoms with Gasteiger partial charge in [0.05, 0.1) is 12.2 Å². The second-order valence-corrected chi connectivity index (χ2v) is 4.97. The highest BCUT2D eigenvalue weighted by atomic mass is 35.5. The molecule has 4 heteroatoms. The van der Waals surface area contributed by atoms with Gasteiger partial charge in [0.25, 0.3) is 0 Å². The van der Waals surface area contributed by atoms with Gasteiger partial charge in [-0.2, -0.15) is 0 Å². The van der Waals surface area contributed by atoms with Crippen LogP contribution in [0.2, 0.25) is 5.15 Å². The molecule has 1 aromatic heterocycles. The van der Waals surface area contributed by atoms with E-state index in [0.29, 0.717) is 18.4 Å². The number of hydrogen-bond acceptors (Lipinski definition) is 3. The molecule has 1 heterocycles. The fraction of sp³-hybridized carbons (Fsp3) is 0.583. The van der Waals surface area contributed by atoms with Crippen LogP contribution in [0, 0.1) is 6.92 Å². The summed E-state index contributed by atoms with van der Waals surface area (Å²) in [5.74, 6) is 0.762. The first-order chi connectivity index (χ1) is 7.38. The van der Waals surface area contributed by atoms with E-state index in [1.165, 1.54) is 0 Å². The molecule has 0 bridgehead atoms. The Morgan fingerprint density at radius 3 is 2.62 bits per heavy atom. The van der Waals surface area contributed by atoms with Crippen molar-refractivity contribution in [2.45, 2.75) is 33.3 Å². The van der Waals surface area contributed by atoms with Gasteiger partial charge in [-0.05, 0) is 27.7 Å². The van der Waals surface area contributed by atoms with Crippen LogP contribution in [0.4, 0.5) is 0 Å². The minimum absolute atomic E-state index is 0.131. The molecule has 0 unspecified atom stereocenters. The average Bonchev–Trinajstić information content (AvgIpc) is 2.16. The number of nitrogens with zero attached hydrogens (tertiary/aromatic N) is 1. The monoisotopic (exact) mass is 243 g/mol. The first kappa shape index (κ1) is 13.3. The SMILES string of the molecule is Cc1cnc(Cl)cc1OCCOC(C)(C)C. The maximum Gasteiger partial charge on any atom is 0.132 e. The van der Waals surface area contributed by atoms with Crippen molar-refractivity contribution in [2.24, 2.45) is 0 Å². The molecule has 1 rings (SSSR count). The number of aryl methyl sites for hydroxylation is 1. The lowest BCUT2D eigenvalue weighted by atomic mass is 10.2. The third-order valence-corrected chi connectivity index (χ3v) is 2.10. The smallest absolute Gasteiger partial charge is 0.132 e. The molecule has 0 aliphatic heterocycles. The van der Waals surface area contributed by atoms with Gasteiger partial charge in [0.1, 0.15) is 17.5 Å². The molecule has 0 spiro atoms. The summed E-state index contributed by atoms with van der Waals surface area (Å²) >= 11 is 5.78. The van der Waals surface area contributed by atoms with Crippen LogP contribution in [0.5, 0.6) is 5.75 Å². The van der Waals surface area contributed by atoms with Gasteiger partial charge in [0, 0.05) is 17.8 Å². The van der Waals surface area contributed by atoms with Gasteiger partial charge in [0.15, 0.2) is 0 Å². The van der Waals surface area contributed by atoms with Crippen molar-refractivity contribution < 1.29 is 9.47 Å². The van der Waals surface area contributed by atoms with Crippen molar-refractivity contribution in [3.05, 3.63) is 23.0 Å². The molecule has 0 N–H and O–H groups in total. The Labute approximate surface area is 102 Å². The second-order valence-electron chi connectivity index (χ2n) is 4.58. The van der Waals surface area contributed by atoms with E-state index in [2.05, 4.69) is 4.98 Å². The third kappa shape index (κ3) is 4.81. The number of aromatic nitrogens is 1. The van der Waals surface area contributed by atoms with Crippen LogP contribution in [0.1, 0.15) is 26.3 Å². The lowest BCUT2D eigenvalue weighted by molar-refractivity contribution is -0.0163. The summed E-state index contributed by atoms with van der Waals surface area (Å²) in [4.78, 5) is 3.96. The van der Waals surface area contributed by atoms with Crippen molar-refractivity contribution >= 4 is 11.6 Å². The molecule has 0 fully saturated rings. The van der Waals surface area contributed by atoms with Crippen molar-refractivity contribution in [2.75, 3.05) is 13.2 Å². The lowest BCUT2D eigenvalue weighted by Gasteiger charge is -2.19. The number of hydrogen-bond donors (Lipinski definition) is 0. The maximum absolute atomic E-state index is 5.78. The highest BCUT2D eigenvalue weighted by molar-refractivity contribution is 6.29. The second kappa shape index (κ2) is 5.51. The molecule has 0 saturated carbocycles. The summed E-state index contributed by atoms with van der Waals surface area (Å²) in [5.41, 5.74) is 0.842. The zero-order valence-electron chi connectivity index (χ0n) is 10.2. The summed E-state index contributed by atoms with van der Waals surface area (Å²) in [6, 6.07) is 1.72. The molecular weight excluding hydrogens is 226 g/mol. The van der Waals surface area contributed by atoms with E-state index in [1.807, 2.05) is 27.7 Å². The fourth-order valence-electron chi connectivity index (χ4n) is 1.14. The van der Waals surface area contributed by atoms with E-state index in [4.69, 9.17) is 21.1 Å². The van der Waals surface area contributed by atoms with Crippen LogP contribution in [0.25, 0.3) is 0 Å². The normalized spacial score (nSPS) is 11.6. The maximum atomic E-state index is 5.78. The minimum Gasteiger partial charge on any atom is -0.491 e. The van der Waals surface area contributed by atoms with Gasteiger partial charge in [-0.25, -0.2) is 4.98 Å². The van der Waals surface area contributed by atoms with E-state index in [1.54, 1.807) is 12.3 Å². The minimum atomic E-state index is -0.131. The molecule has 0 aliphatic carbocycles. The number of ether oxygens (including phenoxy) is 2. The highest BCUT2D eigenvalue weighted by Crippen LogP contribution is 2.20. The standard InChI is InChI=1S/C12H18ClNO2/c1-9-8-14-11(13)7-10(9)15-5-6-16-12(2,3)4/h7-8H,5-6H2,1-4H3. The summed E-state index contributed by atoms with van der Waals surface area (Å²) in [6.45, 7) is 9.05. The summed E-state index contributed by atoms with van der Waals surface area (Å²) in [6.07, 6.45) is 1.70. The Hall–Kier alpha value is -0.800. The van der Waals surface area contributed by atoms with E-state index in [-0.39, 0.29) is 5.60 Å². The van der Waals surface area contributed by atoms with Gasteiger partial charge >= 0.3 is 0 Å². The number of rotatable bonds is 4. The molecule has 16 heavy (non-hydrogen) atoms. The quantitative estimate of drug-likeness (QED) is 0.601. The zero-order chi connectivity index (χ0) is 12.2. The highest BCUT2D eigenvalue weighted by Gasteiger charge is 2.09. The Balaban J connectivity index is 2.40. The lowest BCUT2D eigenvalue weighted by Crippen LogP contribution is -2.22. The van der Waals surface area contributed by atoms with E-state index in [0.717, 1.165) is 11.3 Å². The van der Waals surface area contributed by atoms with Crippen LogP contribution in [0.15, 0.2) is 12.3 Å². The largest absolute Gasteiger partial charge is 0.491 e.